The number of anilines is 1. The van der Waals surface area contributed by atoms with Crippen molar-refractivity contribution in [2.24, 2.45) is 5.92 Å². The van der Waals surface area contributed by atoms with Crippen LogP contribution in [0.15, 0.2) is 61.1 Å². The molecule has 160 valence electrons. The number of nitrogens with zero attached hydrogens (tertiary/aromatic N) is 4. The van der Waals surface area contributed by atoms with Gasteiger partial charge in [0.1, 0.15) is 0 Å². The number of sulfonamides is 1. The van der Waals surface area contributed by atoms with Gasteiger partial charge in [-0.25, -0.2) is 12.9 Å². The molecular formula is C24H21N5O2S. The third-order valence-corrected chi connectivity index (χ3v) is 6.39. The third kappa shape index (κ3) is 3.83. The molecule has 1 N–H and O–H groups in total. The quantitative estimate of drug-likeness (QED) is 0.496. The fraction of sp³-hybridized carbons (Fsp3) is 0.208. The third-order valence-electron chi connectivity index (χ3n) is 5.78. The summed E-state index contributed by atoms with van der Waals surface area (Å²) in [5.74, 6) is 0.0745. The van der Waals surface area contributed by atoms with Crippen molar-refractivity contribution in [3.05, 3.63) is 66.8 Å². The second-order valence-electron chi connectivity index (χ2n) is 8.11. The van der Waals surface area contributed by atoms with Gasteiger partial charge in [-0.05, 0) is 59.4 Å². The Kier molecular flexibility index (Phi) is 4.91. The van der Waals surface area contributed by atoms with E-state index < -0.39 is 10.0 Å². The summed E-state index contributed by atoms with van der Waals surface area (Å²) in [6.45, 7) is 0. The average molecular weight is 444 g/mol. The van der Waals surface area contributed by atoms with Gasteiger partial charge in [0.25, 0.3) is 0 Å². The van der Waals surface area contributed by atoms with Crippen molar-refractivity contribution in [3.63, 3.8) is 0 Å². The Morgan fingerprint density at radius 2 is 2.00 bits per heavy atom. The molecule has 0 spiro atoms. The summed E-state index contributed by atoms with van der Waals surface area (Å²) in [7, 11) is -3.33. The van der Waals surface area contributed by atoms with E-state index in [-0.39, 0.29) is 5.92 Å². The number of nitriles is 1. The van der Waals surface area contributed by atoms with Crippen LogP contribution in [0.3, 0.4) is 0 Å². The molecule has 1 aliphatic carbocycles. The number of fused-ring (bicyclic) bond motifs is 2. The van der Waals surface area contributed by atoms with Crippen LogP contribution in [0.5, 0.6) is 0 Å². The number of hydrogen-bond acceptors (Lipinski definition) is 5. The van der Waals surface area contributed by atoms with Crippen LogP contribution in [-0.2, 0) is 10.0 Å². The molecule has 1 unspecified atom stereocenters. The topological polar surface area (TPSA) is 100 Å². The SMILES string of the molecule is CS(=O)(=O)Nc1ccc2cc(-c3cnn4ccnc(C5=CCC(C#N)CC5)c34)ccc2c1. The van der Waals surface area contributed by atoms with Crippen LogP contribution in [0.4, 0.5) is 5.69 Å². The molecule has 0 saturated carbocycles. The maximum atomic E-state index is 11.5. The van der Waals surface area contributed by atoms with Gasteiger partial charge in [0, 0.05) is 23.6 Å². The van der Waals surface area contributed by atoms with E-state index in [2.05, 4.69) is 33.0 Å². The summed E-state index contributed by atoms with van der Waals surface area (Å²) in [6, 6.07) is 13.9. The van der Waals surface area contributed by atoms with E-state index in [1.165, 1.54) is 0 Å². The second-order valence-corrected chi connectivity index (χ2v) is 9.86. The number of allylic oxidation sites excluding steroid dienone is 2. The zero-order valence-electron chi connectivity index (χ0n) is 17.5. The maximum absolute atomic E-state index is 11.5. The first kappa shape index (κ1) is 20.2. The van der Waals surface area contributed by atoms with E-state index in [1.807, 2.05) is 41.2 Å². The van der Waals surface area contributed by atoms with Crippen molar-refractivity contribution in [2.45, 2.75) is 19.3 Å². The van der Waals surface area contributed by atoms with Crippen LogP contribution in [0.25, 0.3) is 33.0 Å². The Morgan fingerprint density at radius 1 is 1.19 bits per heavy atom. The number of nitrogens with one attached hydrogen (secondary N) is 1. The Bertz CT molecular complexity index is 1530. The first-order valence-electron chi connectivity index (χ1n) is 10.3. The van der Waals surface area contributed by atoms with Crippen molar-refractivity contribution in [3.8, 4) is 17.2 Å². The first-order valence-corrected chi connectivity index (χ1v) is 12.2. The van der Waals surface area contributed by atoms with Gasteiger partial charge in [-0.15, -0.1) is 0 Å². The lowest BCUT2D eigenvalue weighted by Gasteiger charge is -2.17. The van der Waals surface area contributed by atoms with Gasteiger partial charge in [0.2, 0.25) is 10.0 Å². The van der Waals surface area contributed by atoms with E-state index in [9.17, 15) is 13.7 Å². The van der Waals surface area contributed by atoms with E-state index in [0.717, 1.165) is 64.2 Å². The lowest BCUT2D eigenvalue weighted by Crippen LogP contribution is -2.09. The highest BCUT2D eigenvalue weighted by Crippen LogP contribution is 2.35. The average Bonchev–Trinajstić information content (AvgIpc) is 3.22. The monoisotopic (exact) mass is 443 g/mol. The lowest BCUT2D eigenvalue weighted by atomic mass is 9.88. The minimum Gasteiger partial charge on any atom is -0.284 e. The molecule has 0 radical (unpaired) electrons. The summed E-state index contributed by atoms with van der Waals surface area (Å²) in [6.07, 6.45) is 11.1. The summed E-state index contributed by atoms with van der Waals surface area (Å²) in [4.78, 5) is 4.67. The van der Waals surface area contributed by atoms with E-state index >= 15 is 0 Å². The smallest absolute Gasteiger partial charge is 0.229 e. The minimum absolute atomic E-state index is 0.0745. The number of rotatable bonds is 4. The first-order chi connectivity index (χ1) is 15.4. The summed E-state index contributed by atoms with van der Waals surface area (Å²) < 4.78 is 27.4. The van der Waals surface area contributed by atoms with Crippen LogP contribution in [0, 0.1) is 17.2 Å². The Balaban J connectivity index is 1.58. The van der Waals surface area contributed by atoms with Crippen molar-refractivity contribution in [1.82, 2.24) is 14.6 Å². The van der Waals surface area contributed by atoms with Gasteiger partial charge >= 0.3 is 0 Å². The normalized spacial score (nSPS) is 16.6. The molecule has 2 aromatic carbocycles. The highest BCUT2D eigenvalue weighted by molar-refractivity contribution is 7.92. The fourth-order valence-corrected chi connectivity index (χ4v) is 4.80. The molecule has 0 aliphatic heterocycles. The number of aromatic nitrogens is 3. The molecule has 2 heterocycles. The van der Waals surface area contributed by atoms with Crippen LogP contribution in [0.1, 0.15) is 25.0 Å². The number of benzene rings is 2. The summed E-state index contributed by atoms with van der Waals surface area (Å²) in [5, 5.41) is 15.7. The molecule has 4 aromatic rings. The highest BCUT2D eigenvalue weighted by atomic mass is 32.2. The molecule has 1 aliphatic rings. The molecule has 0 bridgehead atoms. The largest absolute Gasteiger partial charge is 0.284 e. The molecular weight excluding hydrogens is 422 g/mol. The minimum atomic E-state index is -3.33. The summed E-state index contributed by atoms with van der Waals surface area (Å²) in [5.41, 5.74) is 5.54. The van der Waals surface area contributed by atoms with E-state index in [4.69, 9.17) is 0 Å². The number of hydrogen-bond donors (Lipinski definition) is 1. The van der Waals surface area contributed by atoms with Crippen molar-refractivity contribution < 1.29 is 8.42 Å². The standard InChI is InChI=1S/C24H21N5O2S/c1-32(30,31)28-21-9-8-18-12-20(7-6-19(18)13-21)22-15-27-29-11-10-26-23(24(22)29)17-4-2-16(14-25)3-5-17/h4,6-13,15-16,28H,2-3,5H2,1H3. The van der Waals surface area contributed by atoms with E-state index in [0.29, 0.717) is 5.69 Å². The van der Waals surface area contributed by atoms with Crippen LogP contribution in [-0.4, -0.2) is 29.3 Å². The molecule has 5 rings (SSSR count). The van der Waals surface area contributed by atoms with Gasteiger partial charge in [0.05, 0.1) is 35.7 Å². The van der Waals surface area contributed by atoms with Crippen LogP contribution < -0.4 is 4.72 Å². The van der Waals surface area contributed by atoms with Gasteiger partial charge in [0.15, 0.2) is 0 Å². The molecule has 7 nitrogen and oxygen atoms in total. The van der Waals surface area contributed by atoms with Gasteiger partial charge in [-0.3, -0.25) is 9.71 Å². The molecule has 0 amide bonds. The summed E-state index contributed by atoms with van der Waals surface area (Å²) >= 11 is 0. The Labute approximate surface area is 186 Å². The maximum Gasteiger partial charge on any atom is 0.229 e. The van der Waals surface area contributed by atoms with Crippen molar-refractivity contribution >= 4 is 37.6 Å². The highest BCUT2D eigenvalue weighted by Gasteiger charge is 2.20. The van der Waals surface area contributed by atoms with Gasteiger partial charge < -0.3 is 0 Å². The predicted octanol–water partition coefficient (Wildman–Crippen LogP) is 4.63. The Hall–Kier alpha value is -3.70. The Morgan fingerprint density at radius 3 is 2.75 bits per heavy atom. The lowest BCUT2D eigenvalue weighted by molar-refractivity contribution is 0.603. The van der Waals surface area contributed by atoms with Crippen LogP contribution in [0.2, 0.25) is 0 Å². The van der Waals surface area contributed by atoms with E-state index in [1.54, 1.807) is 12.3 Å². The molecule has 8 heteroatoms. The van der Waals surface area contributed by atoms with Crippen molar-refractivity contribution in [1.29, 1.82) is 5.26 Å². The zero-order chi connectivity index (χ0) is 22.3. The molecule has 2 aromatic heterocycles. The van der Waals surface area contributed by atoms with Crippen molar-refractivity contribution in [2.75, 3.05) is 11.0 Å². The molecule has 1 atom stereocenters. The molecule has 0 saturated heterocycles. The van der Waals surface area contributed by atoms with Gasteiger partial charge in [-0.1, -0.05) is 24.3 Å². The second kappa shape index (κ2) is 7.77. The molecule has 0 fully saturated rings. The zero-order valence-corrected chi connectivity index (χ0v) is 18.3. The fourth-order valence-electron chi connectivity index (χ4n) is 4.25. The van der Waals surface area contributed by atoms with Gasteiger partial charge in [-0.2, -0.15) is 10.4 Å². The molecule has 32 heavy (non-hydrogen) atoms. The predicted molar refractivity (Wildman–Crippen MR) is 125 cm³/mol. The van der Waals surface area contributed by atoms with Crippen LogP contribution >= 0.6 is 0 Å².